The zero-order valence-electron chi connectivity index (χ0n) is 44.9. The molecule has 0 fully saturated rings. The molecule has 0 aliphatic heterocycles. The van der Waals surface area contributed by atoms with Gasteiger partial charge in [-0.1, -0.05) is 158 Å². The fourth-order valence-electron chi connectivity index (χ4n) is 14.0. The van der Waals surface area contributed by atoms with Gasteiger partial charge in [0.2, 0.25) is 0 Å². The highest BCUT2D eigenvalue weighted by molar-refractivity contribution is 7.26. The Morgan fingerprint density at radius 1 is 0.298 bits per heavy atom. The van der Waals surface area contributed by atoms with Crippen LogP contribution in [0.3, 0.4) is 0 Å². The quantitative estimate of drug-likeness (QED) is 0.167. The Kier molecular flexibility index (Phi) is 9.40. The average molecular weight is 1090 g/mol. The van der Waals surface area contributed by atoms with Crippen LogP contribution in [0.5, 0.6) is 0 Å². The lowest BCUT2D eigenvalue weighted by atomic mass is 9.93. The van der Waals surface area contributed by atoms with Crippen LogP contribution in [0.25, 0.3) is 180 Å². The SMILES string of the molecule is c1ccc2c(c1)oc1cccc(-c3cc(-c4ccc5c6cc(-c7cccc8c7sc7ccccc78)ccc6n(-c6ccc(-n7c8ccccc8c8ccccc87)nc6)c5c4)cc4c3oc3ccc(-n5c6ccccc6c6ccccc65)cc34)c12. The lowest BCUT2D eigenvalue weighted by molar-refractivity contribution is 0.668. The molecule has 0 saturated carbocycles. The van der Waals surface area contributed by atoms with Crippen LogP contribution in [0.1, 0.15) is 0 Å². The maximum absolute atomic E-state index is 7.12. The van der Waals surface area contributed by atoms with Gasteiger partial charge in [-0.3, -0.25) is 4.57 Å². The normalized spacial score (nSPS) is 12.3. The Balaban J connectivity index is 0.856. The van der Waals surface area contributed by atoms with Crippen LogP contribution in [0, 0.1) is 0 Å². The molecule has 0 unspecified atom stereocenters. The summed E-state index contributed by atoms with van der Waals surface area (Å²) < 4.78 is 23.4. The van der Waals surface area contributed by atoms with E-state index >= 15 is 0 Å². The Bertz CT molecular complexity index is 5900. The summed E-state index contributed by atoms with van der Waals surface area (Å²) in [6, 6.07) is 94.6. The molecule has 6 nitrogen and oxygen atoms in total. The van der Waals surface area contributed by atoms with E-state index in [0.717, 1.165) is 122 Å². The number of benzene rings is 12. The molecule has 0 atom stereocenters. The molecule has 12 aromatic carbocycles. The Morgan fingerprint density at radius 3 is 1.62 bits per heavy atom. The van der Waals surface area contributed by atoms with E-state index in [1.54, 1.807) is 0 Å². The number of nitrogens with zero attached hydrogens (tertiary/aromatic N) is 4. The van der Waals surface area contributed by atoms with E-state index in [1.807, 2.05) is 23.6 Å². The summed E-state index contributed by atoms with van der Waals surface area (Å²) in [6.07, 6.45) is 2.04. The predicted octanol–water partition coefficient (Wildman–Crippen LogP) is 21.5. The van der Waals surface area contributed by atoms with Crippen molar-refractivity contribution in [1.29, 1.82) is 0 Å². The molecule has 7 heteroatoms. The van der Waals surface area contributed by atoms with E-state index < -0.39 is 0 Å². The van der Waals surface area contributed by atoms with Crippen molar-refractivity contribution in [1.82, 2.24) is 18.7 Å². The van der Waals surface area contributed by atoms with Gasteiger partial charge >= 0.3 is 0 Å². The van der Waals surface area contributed by atoms with Crippen LogP contribution < -0.4 is 0 Å². The molecule has 0 saturated heterocycles. The average Bonchev–Trinajstić information content (AvgIpc) is 2.47. The number of pyridine rings is 1. The van der Waals surface area contributed by atoms with Crippen molar-refractivity contribution < 1.29 is 8.83 Å². The molecule has 7 heterocycles. The molecule has 7 aromatic heterocycles. The molecule has 19 aromatic rings. The van der Waals surface area contributed by atoms with Gasteiger partial charge in [0.1, 0.15) is 28.1 Å². The monoisotopic (exact) mass is 1090 g/mol. The minimum atomic E-state index is 0.826. The number of fused-ring (bicyclic) bond motifs is 18. The first-order valence-electron chi connectivity index (χ1n) is 28.5. The molecule has 0 spiro atoms. The van der Waals surface area contributed by atoms with Crippen molar-refractivity contribution in [3.05, 3.63) is 267 Å². The highest BCUT2D eigenvalue weighted by atomic mass is 32.1. The summed E-state index contributed by atoms with van der Waals surface area (Å²) in [4.78, 5) is 5.32. The van der Waals surface area contributed by atoms with Crippen molar-refractivity contribution in [2.24, 2.45) is 0 Å². The number of hydrogen-bond acceptors (Lipinski definition) is 4. The van der Waals surface area contributed by atoms with Crippen molar-refractivity contribution in [3.8, 4) is 50.6 Å². The Morgan fingerprint density at radius 2 is 0.869 bits per heavy atom. The van der Waals surface area contributed by atoms with E-state index in [2.05, 4.69) is 268 Å². The van der Waals surface area contributed by atoms with Gasteiger partial charge in [0.25, 0.3) is 0 Å². The number of aromatic nitrogens is 4. The standard InChI is InChI=1S/C77H44N4O2S/c1-7-24-64-51(15-1)52-16-2-8-25-65(52)79(64)48-33-37-71-61(43-48)63-41-47(40-62(76(63)83-71)57-22-14-29-72-75(57)59-20-5-11-28-70(59)82-72)45-31-35-55-60-39-46(50-21-13-23-58-56-19-6-12-30-73(56)84-77(50)58)32-36-68(60)80(69(55)42-45)49-34-38-74(78-44-49)81-66-26-9-3-17-53(66)54-18-4-10-27-67(54)81/h1-44H. The van der Waals surface area contributed by atoms with E-state index in [9.17, 15) is 0 Å². The fourth-order valence-corrected chi connectivity index (χ4v) is 15.2. The summed E-state index contributed by atoms with van der Waals surface area (Å²) >= 11 is 1.87. The lowest BCUT2D eigenvalue weighted by Gasteiger charge is -2.12. The van der Waals surface area contributed by atoms with Crippen LogP contribution in [0.2, 0.25) is 0 Å². The van der Waals surface area contributed by atoms with Gasteiger partial charge in [-0.05, 0) is 131 Å². The summed E-state index contributed by atoms with van der Waals surface area (Å²) in [5.74, 6) is 0.867. The minimum absolute atomic E-state index is 0.826. The molecule has 0 aliphatic rings. The lowest BCUT2D eigenvalue weighted by Crippen LogP contribution is -2.00. The Hall–Kier alpha value is -11.0. The molecule has 390 valence electrons. The van der Waals surface area contributed by atoms with Crippen LogP contribution in [-0.2, 0) is 0 Å². The second-order valence-corrected chi connectivity index (χ2v) is 23.2. The van der Waals surface area contributed by atoms with E-state index in [-0.39, 0.29) is 0 Å². The van der Waals surface area contributed by atoms with E-state index in [1.165, 1.54) is 58.2 Å². The molecule has 0 bridgehead atoms. The van der Waals surface area contributed by atoms with Crippen LogP contribution >= 0.6 is 11.3 Å². The first kappa shape index (κ1) is 45.7. The van der Waals surface area contributed by atoms with E-state index in [0.29, 0.717) is 0 Å². The first-order valence-corrected chi connectivity index (χ1v) is 29.3. The van der Waals surface area contributed by atoms with Gasteiger partial charge in [0.15, 0.2) is 0 Å². The molecular weight excluding hydrogens is 1040 g/mol. The van der Waals surface area contributed by atoms with Crippen molar-refractivity contribution in [2.45, 2.75) is 0 Å². The van der Waals surface area contributed by atoms with Gasteiger partial charge in [0.05, 0.1) is 45.0 Å². The Labute approximate surface area is 483 Å². The van der Waals surface area contributed by atoms with Crippen molar-refractivity contribution in [3.63, 3.8) is 0 Å². The smallest absolute Gasteiger partial charge is 0.143 e. The number of furan rings is 2. The topological polar surface area (TPSA) is 54.0 Å². The second-order valence-electron chi connectivity index (χ2n) is 22.2. The van der Waals surface area contributed by atoms with Crippen LogP contribution in [0.15, 0.2) is 276 Å². The zero-order chi connectivity index (χ0) is 54.7. The van der Waals surface area contributed by atoms with Crippen molar-refractivity contribution >= 4 is 141 Å². The highest BCUT2D eigenvalue weighted by Gasteiger charge is 2.23. The number of hydrogen-bond donors (Lipinski definition) is 0. The highest BCUT2D eigenvalue weighted by Crippen LogP contribution is 2.47. The minimum Gasteiger partial charge on any atom is -0.456 e. The van der Waals surface area contributed by atoms with Gasteiger partial charge in [-0.15, -0.1) is 11.3 Å². The molecular formula is C77H44N4O2S. The van der Waals surface area contributed by atoms with Gasteiger partial charge in [-0.25, -0.2) is 4.98 Å². The molecule has 0 radical (unpaired) electrons. The number of rotatable bonds is 6. The molecule has 0 amide bonds. The van der Waals surface area contributed by atoms with Crippen molar-refractivity contribution in [2.75, 3.05) is 0 Å². The largest absolute Gasteiger partial charge is 0.456 e. The summed E-state index contributed by atoms with van der Waals surface area (Å²) in [5, 5.41) is 14.0. The third kappa shape index (κ3) is 6.47. The fraction of sp³-hybridized carbons (Fsp3) is 0. The number of thiophene rings is 1. The maximum atomic E-state index is 7.12. The summed E-state index contributed by atoms with van der Waals surface area (Å²) in [7, 11) is 0. The first-order chi connectivity index (χ1) is 41.6. The third-order valence-corrected chi connectivity index (χ3v) is 18.9. The van der Waals surface area contributed by atoms with E-state index in [4.69, 9.17) is 13.8 Å². The molecule has 84 heavy (non-hydrogen) atoms. The zero-order valence-corrected chi connectivity index (χ0v) is 45.7. The van der Waals surface area contributed by atoms with Crippen LogP contribution in [-0.4, -0.2) is 18.7 Å². The predicted molar refractivity (Wildman–Crippen MR) is 351 cm³/mol. The molecule has 0 aliphatic carbocycles. The molecule has 0 N–H and O–H groups in total. The van der Waals surface area contributed by atoms with Crippen LogP contribution in [0.4, 0.5) is 0 Å². The van der Waals surface area contributed by atoms with Gasteiger partial charge < -0.3 is 18.0 Å². The molecule has 19 rings (SSSR count). The second kappa shape index (κ2) is 17.3. The third-order valence-electron chi connectivity index (χ3n) is 17.7. The van der Waals surface area contributed by atoms with Gasteiger partial charge in [0, 0.05) is 85.3 Å². The van der Waals surface area contributed by atoms with Gasteiger partial charge in [-0.2, -0.15) is 0 Å². The summed E-state index contributed by atoms with van der Waals surface area (Å²) in [5.41, 5.74) is 18.8. The maximum Gasteiger partial charge on any atom is 0.143 e. The summed E-state index contributed by atoms with van der Waals surface area (Å²) in [6.45, 7) is 0. The number of para-hydroxylation sites is 5.